The Morgan fingerprint density at radius 2 is 2.00 bits per heavy atom. The highest BCUT2D eigenvalue weighted by Gasteiger charge is 2.19. The number of carboxylic acid groups (broad SMARTS) is 1. The molecule has 0 spiro atoms. The number of hydrogen-bond donors (Lipinski definition) is 3. The van der Waals surface area contributed by atoms with Crippen molar-refractivity contribution < 1.29 is 24.9 Å². The summed E-state index contributed by atoms with van der Waals surface area (Å²) in [6, 6.07) is 3.73. The lowest BCUT2D eigenvalue weighted by molar-refractivity contribution is -0.148. The number of aromatic hydroxyl groups is 2. The number of ether oxygens (including phenoxy) is 1. The quantitative estimate of drug-likeness (QED) is 0.627. The molecule has 0 aliphatic rings. The Labute approximate surface area is 80.2 Å². The number of phenolic OH excluding ortho intramolecular Hbond substituents is 2. The molecule has 0 aliphatic carbocycles. The monoisotopic (exact) mass is 198 g/mol. The summed E-state index contributed by atoms with van der Waals surface area (Å²) in [4.78, 5) is 10.7. The Bertz CT molecular complexity index is 347. The van der Waals surface area contributed by atoms with E-state index in [4.69, 9.17) is 20.1 Å². The highest BCUT2D eigenvalue weighted by molar-refractivity contribution is 5.74. The van der Waals surface area contributed by atoms with Gasteiger partial charge in [-0.05, 0) is 17.7 Å². The molecule has 5 heteroatoms. The SMILES string of the molecule is COC(C(=O)O)c1ccc(O)c(O)c1. The maximum Gasteiger partial charge on any atom is 0.337 e. The van der Waals surface area contributed by atoms with Crippen LogP contribution < -0.4 is 0 Å². The van der Waals surface area contributed by atoms with Crippen LogP contribution in [0.1, 0.15) is 11.7 Å². The van der Waals surface area contributed by atoms with Crippen molar-refractivity contribution in [3.05, 3.63) is 23.8 Å². The van der Waals surface area contributed by atoms with Gasteiger partial charge in [-0.3, -0.25) is 0 Å². The van der Waals surface area contributed by atoms with E-state index >= 15 is 0 Å². The van der Waals surface area contributed by atoms with Crippen LogP contribution in [-0.2, 0) is 9.53 Å². The predicted octanol–water partition coefficient (Wildman–Crippen LogP) is 0.870. The molecule has 14 heavy (non-hydrogen) atoms. The largest absolute Gasteiger partial charge is 0.504 e. The standard InChI is InChI=1S/C9H10O5/c1-14-8(9(12)13)5-2-3-6(10)7(11)4-5/h2-4,8,10-11H,1H3,(H,12,13). The summed E-state index contributed by atoms with van der Waals surface area (Å²) in [7, 11) is 1.25. The number of methoxy groups -OCH3 is 1. The van der Waals surface area contributed by atoms with Crippen LogP contribution in [-0.4, -0.2) is 28.4 Å². The fourth-order valence-electron chi connectivity index (χ4n) is 1.08. The van der Waals surface area contributed by atoms with E-state index in [0.29, 0.717) is 0 Å². The van der Waals surface area contributed by atoms with Gasteiger partial charge < -0.3 is 20.1 Å². The van der Waals surface area contributed by atoms with Crippen LogP contribution >= 0.6 is 0 Å². The topological polar surface area (TPSA) is 87.0 Å². The third-order valence-electron chi connectivity index (χ3n) is 1.76. The zero-order chi connectivity index (χ0) is 10.7. The summed E-state index contributed by atoms with van der Waals surface area (Å²) < 4.78 is 4.70. The molecule has 0 amide bonds. The Balaban J connectivity index is 3.06. The fraction of sp³-hybridized carbons (Fsp3) is 0.222. The molecule has 1 rings (SSSR count). The lowest BCUT2D eigenvalue weighted by Gasteiger charge is -2.10. The molecule has 1 unspecified atom stereocenters. The normalized spacial score (nSPS) is 12.4. The van der Waals surface area contributed by atoms with E-state index in [0.717, 1.165) is 6.07 Å². The molecular weight excluding hydrogens is 188 g/mol. The van der Waals surface area contributed by atoms with Gasteiger partial charge in [0.15, 0.2) is 17.6 Å². The lowest BCUT2D eigenvalue weighted by Crippen LogP contribution is -2.13. The number of rotatable bonds is 3. The minimum absolute atomic E-state index is 0.273. The molecule has 0 saturated heterocycles. The molecule has 0 aliphatic heterocycles. The maximum absolute atomic E-state index is 10.7. The van der Waals surface area contributed by atoms with Gasteiger partial charge in [-0.2, -0.15) is 0 Å². The molecule has 0 fully saturated rings. The minimum atomic E-state index is -1.16. The van der Waals surface area contributed by atoms with Crippen LogP contribution in [0.3, 0.4) is 0 Å². The molecule has 0 bridgehead atoms. The van der Waals surface area contributed by atoms with Crippen LogP contribution in [0.2, 0.25) is 0 Å². The Morgan fingerprint density at radius 1 is 1.36 bits per heavy atom. The molecule has 3 N–H and O–H groups in total. The molecule has 0 radical (unpaired) electrons. The highest BCUT2D eigenvalue weighted by Crippen LogP contribution is 2.28. The van der Waals surface area contributed by atoms with Gasteiger partial charge in [0.25, 0.3) is 0 Å². The summed E-state index contributed by atoms with van der Waals surface area (Å²) in [6.07, 6.45) is -1.14. The van der Waals surface area contributed by atoms with Crippen molar-refractivity contribution >= 4 is 5.97 Å². The third-order valence-corrected chi connectivity index (χ3v) is 1.76. The van der Waals surface area contributed by atoms with Gasteiger partial charge in [0.1, 0.15) is 0 Å². The smallest absolute Gasteiger partial charge is 0.337 e. The zero-order valence-electron chi connectivity index (χ0n) is 7.47. The fourth-order valence-corrected chi connectivity index (χ4v) is 1.08. The van der Waals surface area contributed by atoms with E-state index in [-0.39, 0.29) is 17.1 Å². The summed E-state index contributed by atoms with van der Waals surface area (Å²) in [6.45, 7) is 0. The second kappa shape index (κ2) is 3.97. The second-order valence-corrected chi connectivity index (χ2v) is 2.70. The van der Waals surface area contributed by atoms with Crippen molar-refractivity contribution in [1.29, 1.82) is 0 Å². The Kier molecular flexibility index (Phi) is 2.93. The van der Waals surface area contributed by atoms with E-state index in [1.807, 2.05) is 0 Å². The number of carboxylic acids is 1. The van der Waals surface area contributed by atoms with Crippen LogP contribution in [0.4, 0.5) is 0 Å². The van der Waals surface area contributed by atoms with Gasteiger partial charge in [-0.1, -0.05) is 6.07 Å². The number of phenols is 2. The highest BCUT2D eigenvalue weighted by atomic mass is 16.5. The lowest BCUT2D eigenvalue weighted by atomic mass is 10.1. The molecule has 1 atom stereocenters. The van der Waals surface area contributed by atoms with Crippen molar-refractivity contribution in [2.24, 2.45) is 0 Å². The van der Waals surface area contributed by atoms with Crippen LogP contribution in [0.5, 0.6) is 11.5 Å². The molecule has 76 valence electrons. The molecule has 0 heterocycles. The average Bonchev–Trinajstić information content (AvgIpc) is 2.11. The van der Waals surface area contributed by atoms with Crippen molar-refractivity contribution in [3.8, 4) is 11.5 Å². The zero-order valence-corrected chi connectivity index (χ0v) is 7.47. The Morgan fingerprint density at radius 3 is 2.43 bits per heavy atom. The van der Waals surface area contributed by atoms with Crippen LogP contribution in [0.15, 0.2) is 18.2 Å². The van der Waals surface area contributed by atoms with Gasteiger partial charge >= 0.3 is 5.97 Å². The molecule has 1 aromatic carbocycles. The summed E-state index contributed by atoms with van der Waals surface area (Å²) >= 11 is 0. The first kappa shape index (κ1) is 10.3. The molecular formula is C9H10O5. The predicted molar refractivity (Wildman–Crippen MR) is 47.2 cm³/mol. The van der Waals surface area contributed by atoms with E-state index in [9.17, 15) is 4.79 Å². The van der Waals surface area contributed by atoms with Crippen molar-refractivity contribution in [3.63, 3.8) is 0 Å². The summed E-state index contributed by atoms with van der Waals surface area (Å²) in [5, 5.41) is 26.8. The first-order chi connectivity index (χ1) is 6.56. The maximum atomic E-state index is 10.7. The van der Waals surface area contributed by atoms with E-state index in [1.54, 1.807) is 0 Å². The summed E-state index contributed by atoms with van der Waals surface area (Å²) in [5.41, 5.74) is 0.273. The van der Waals surface area contributed by atoms with Gasteiger partial charge in [0.05, 0.1) is 0 Å². The van der Waals surface area contributed by atoms with Crippen molar-refractivity contribution in [1.82, 2.24) is 0 Å². The number of aliphatic carboxylic acids is 1. The van der Waals surface area contributed by atoms with Crippen LogP contribution in [0.25, 0.3) is 0 Å². The Hall–Kier alpha value is -1.75. The van der Waals surface area contributed by atoms with Gasteiger partial charge in [-0.15, -0.1) is 0 Å². The molecule has 5 nitrogen and oxygen atoms in total. The number of carbonyl (C=O) groups is 1. The summed E-state index contributed by atoms with van der Waals surface area (Å²) in [5.74, 6) is -1.82. The molecule has 0 aromatic heterocycles. The van der Waals surface area contributed by atoms with Gasteiger partial charge in [-0.25, -0.2) is 4.79 Å². The molecule has 1 aromatic rings. The average molecular weight is 198 g/mol. The second-order valence-electron chi connectivity index (χ2n) is 2.70. The minimum Gasteiger partial charge on any atom is -0.504 e. The van der Waals surface area contributed by atoms with E-state index in [1.165, 1.54) is 19.2 Å². The van der Waals surface area contributed by atoms with E-state index < -0.39 is 12.1 Å². The van der Waals surface area contributed by atoms with Crippen LogP contribution in [0, 0.1) is 0 Å². The first-order valence-corrected chi connectivity index (χ1v) is 3.83. The third kappa shape index (κ3) is 1.94. The van der Waals surface area contributed by atoms with Gasteiger partial charge in [0.2, 0.25) is 0 Å². The van der Waals surface area contributed by atoms with Crippen molar-refractivity contribution in [2.75, 3.05) is 7.11 Å². The first-order valence-electron chi connectivity index (χ1n) is 3.83. The van der Waals surface area contributed by atoms with Gasteiger partial charge in [0, 0.05) is 7.11 Å². The van der Waals surface area contributed by atoms with E-state index in [2.05, 4.69) is 0 Å². The van der Waals surface area contributed by atoms with Crippen molar-refractivity contribution in [2.45, 2.75) is 6.10 Å². The number of benzene rings is 1. The number of hydrogen-bond acceptors (Lipinski definition) is 4. The molecule has 0 saturated carbocycles.